The minimum Gasteiger partial charge on any atom is -0.492 e. The average Bonchev–Trinajstić information content (AvgIpc) is 2.56. The summed E-state index contributed by atoms with van der Waals surface area (Å²) in [4.78, 5) is 14.3. The van der Waals surface area contributed by atoms with Crippen LogP contribution in [0.3, 0.4) is 0 Å². The number of rotatable bonds is 7. The Kier molecular flexibility index (Phi) is 6.66. The Balaban J connectivity index is 2.02. The molecule has 0 spiro atoms. The summed E-state index contributed by atoms with van der Waals surface area (Å²) in [5.41, 5.74) is 1.76. The normalized spacial score (nSPS) is 10.4. The van der Waals surface area contributed by atoms with Crippen LogP contribution in [-0.4, -0.2) is 24.5 Å². The molecule has 0 radical (unpaired) electrons. The van der Waals surface area contributed by atoms with Gasteiger partial charge in [0, 0.05) is 19.2 Å². The maximum Gasteiger partial charge on any atom is 0.253 e. The van der Waals surface area contributed by atoms with Gasteiger partial charge < -0.3 is 9.64 Å². The van der Waals surface area contributed by atoms with Gasteiger partial charge in [0.2, 0.25) is 0 Å². The molecule has 0 N–H and O–H groups in total. The van der Waals surface area contributed by atoms with Gasteiger partial charge in [-0.25, -0.2) is 0 Å². The number of benzene rings is 2. The van der Waals surface area contributed by atoms with E-state index in [0.29, 0.717) is 18.7 Å². The van der Waals surface area contributed by atoms with Crippen molar-refractivity contribution in [1.29, 1.82) is 0 Å². The Hall–Kier alpha value is -1.81. The summed E-state index contributed by atoms with van der Waals surface area (Å²) in [6.07, 6.45) is 2.12. The molecule has 0 saturated heterocycles. The van der Waals surface area contributed by atoms with Gasteiger partial charge in [-0.3, -0.25) is 4.79 Å². The van der Waals surface area contributed by atoms with Crippen molar-refractivity contribution in [1.82, 2.24) is 4.90 Å². The Bertz CT molecular complexity index is 643. The van der Waals surface area contributed by atoms with Gasteiger partial charge in [0.15, 0.2) is 0 Å². The Labute approximate surface area is 146 Å². The molecule has 2 aromatic carbocycles. The lowest BCUT2D eigenvalue weighted by Gasteiger charge is -2.18. The summed E-state index contributed by atoms with van der Waals surface area (Å²) in [6.45, 7) is 3.41. The van der Waals surface area contributed by atoms with E-state index < -0.39 is 0 Å². The first kappa shape index (κ1) is 17.5. The van der Waals surface area contributed by atoms with Gasteiger partial charge in [-0.2, -0.15) is 0 Å². The van der Waals surface area contributed by atoms with E-state index in [-0.39, 0.29) is 5.91 Å². The number of nitrogens with zero attached hydrogens (tertiary/aromatic N) is 1. The highest BCUT2D eigenvalue weighted by molar-refractivity contribution is 9.10. The first-order chi connectivity index (χ1) is 11.1. The SMILES string of the molecule is CCCCOc1ccc(C(=O)N(C)Cc2ccccc2)cc1Br. The van der Waals surface area contributed by atoms with E-state index in [9.17, 15) is 4.79 Å². The fourth-order valence-electron chi connectivity index (χ4n) is 2.23. The number of carbonyl (C=O) groups excluding carboxylic acids is 1. The van der Waals surface area contributed by atoms with Crippen LogP contribution in [0.2, 0.25) is 0 Å². The summed E-state index contributed by atoms with van der Waals surface area (Å²) in [5.74, 6) is 0.773. The van der Waals surface area contributed by atoms with Crippen molar-refractivity contribution in [3.05, 3.63) is 64.1 Å². The third kappa shape index (κ3) is 5.10. The molecular weight excluding hydrogens is 354 g/mol. The first-order valence-electron chi connectivity index (χ1n) is 7.83. The lowest BCUT2D eigenvalue weighted by Crippen LogP contribution is -2.26. The second kappa shape index (κ2) is 8.73. The van der Waals surface area contributed by atoms with E-state index in [0.717, 1.165) is 28.6 Å². The highest BCUT2D eigenvalue weighted by Crippen LogP contribution is 2.27. The quantitative estimate of drug-likeness (QED) is 0.644. The van der Waals surface area contributed by atoms with Crippen LogP contribution in [-0.2, 0) is 6.54 Å². The predicted molar refractivity (Wildman–Crippen MR) is 96.8 cm³/mol. The van der Waals surface area contributed by atoms with Crippen LogP contribution in [0.1, 0.15) is 35.7 Å². The molecule has 3 nitrogen and oxygen atoms in total. The molecule has 2 rings (SSSR count). The molecule has 0 aliphatic rings. The van der Waals surface area contributed by atoms with E-state index in [1.807, 2.05) is 55.6 Å². The Morgan fingerprint density at radius 3 is 2.57 bits per heavy atom. The summed E-state index contributed by atoms with van der Waals surface area (Å²) < 4.78 is 6.51. The Morgan fingerprint density at radius 2 is 1.91 bits per heavy atom. The zero-order valence-corrected chi connectivity index (χ0v) is 15.2. The molecule has 0 aliphatic carbocycles. The number of hydrogen-bond acceptors (Lipinski definition) is 2. The number of hydrogen-bond donors (Lipinski definition) is 0. The minimum atomic E-state index is -0.00494. The van der Waals surface area contributed by atoms with Gasteiger partial charge in [-0.15, -0.1) is 0 Å². The fraction of sp³-hybridized carbons (Fsp3) is 0.316. The van der Waals surface area contributed by atoms with Crippen LogP contribution < -0.4 is 4.74 Å². The molecule has 0 saturated carbocycles. The van der Waals surface area contributed by atoms with Crippen LogP contribution >= 0.6 is 15.9 Å². The van der Waals surface area contributed by atoms with E-state index in [4.69, 9.17) is 4.74 Å². The van der Waals surface area contributed by atoms with Crippen molar-refractivity contribution in [2.24, 2.45) is 0 Å². The molecule has 122 valence electrons. The van der Waals surface area contributed by atoms with E-state index in [1.165, 1.54) is 0 Å². The number of halogens is 1. The van der Waals surface area contributed by atoms with Gasteiger partial charge in [0.1, 0.15) is 5.75 Å². The van der Waals surface area contributed by atoms with Crippen molar-refractivity contribution < 1.29 is 9.53 Å². The lowest BCUT2D eigenvalue weighted by molar-refractivity contribution is 0.0785. The molecule has 23 heavy (non-hydrogen) atoms. The van der Waals surface area contributed by atoms with Crippen LogP contribution in [0.15, 0.2) is 53.0 Å². The van der Waals surface area contributed by atoms with Gasteiger partial charge in [0.05, 0.1) is 11.1 Å². The van der Waals surface area contributed by atoms with Crippen LogP contribution in [0.4, 0.5) is 0 Å². The largest absolute Gasteiger partial charge is 0.492 e. The molecule has 0 atom stereocenters. The van der Waals surface area contributed by atoms with Crippen LogP contribution in [0.25, 0.3) is 0 Å². The second-order valence-electron chi connectivity index (χ2n) is 5.49. The zero-order valence-electron chi connectivity index (χ0n) is 13.6. The molecule has 2 aromatic rings. The van der Waals surface area contributed by atoms with Crippen molar-refractivity contribution in [3.8, 4) is 5.75 Å². The van der Waals surface area contributed by atoms with Crippen LogP contribution in [0.5, 0.6) is 5.75 Å². The summed E-state index contributed by atoms with van der Waals surface area (Å²) in [7, 11) is 1.81. The van der Waals surface area contributed by atoms with Crippen molar-refractivity contribution >= 4 is 21.8 Å². The topological polar surface area (TPSA) is 29.5 Å². The van der Waals surface area contributed by atoms with E-state index in [2.05, 4.69) is 22.9 Å². The van der Waals surface area contributed by atoms with Crippen molar-refractivity contribution in [2.45, 2.75) is 26.3 Å². The molecule has 0 aromatic heterocycles. The van der Waals surface area contributed by atoms with Crippen molar-refractivity contribution in [2.75, 3.05) is 13.7 Å². The highest BCUT2D eigenvalue weighted by atomic mass is 79.9. The molecule has 4 heteroatoms. The summed E-state index contributed by atoms with van der Waals surface area (Å²) in [6, 6.07) is 15.5. The smallest absolute Gasteiger partial charge is 0.253 e. The van der Waals surface area contributed by atoms with Crippen molar-refractivity contribution in [3.63, 3.8) is 0 Å². The molecule has 0 unspecified atom stereocenters. The van der Waals surface area contributed by atoms with Gasteiger partial charge in [-0.1, -0.05) is 43.7 Å². The molecule has 1 amide bonds. The van der Waals surface area contributed by atoms with Gasteiger partial charge in [-0.05, 0) is 46.1 Å². The van der Waals surface area contributed by atoms with E-state index >= 15 is 0 Å². The Morgan fingerprint density at radius 1 is 1.17 bits per heavy atom. The zero-order chi connectivity index (χ0) is 16.7. The molecule has 0 aliphatic heterocycles. The number of ether oxygens (including phenoxy) is 1. The number of unbranched alkanes of at least 4 members (excludes halogenated alkanes) is 1. The summed E-state index contributed by atoms with van der Waals surface area (Å²) >= 11 is 3.49. The highest BCUT2D eigenvalue weighted by Gasteiger charge is 2.14. The maximum atomic E-state index is 12.5. The lowest BCUT2D eigenvalue weighted by atomic mass is 10.1. The van der Waals surface area contributed by atoms with Gasteiger partial charge in [0.25, 0.3) is 5.91 Å². The summed E-state index contributed by atoms with van der Waals surface area (Å²) in [5, 5.41) is 0. The maximum absolute atomic E-state index is 12.5. The van der Waals surface area contributed by atoms with E-state index in [1.54, 1.807) is 4.90 Å². The first-order valence-corrected chi connectivity index (χ1v) is 8.63. The van der Waals surface area contributed by atoms with Gasteiger partial charge >= 0.3 is 0 Å². The monoisotopic (exact) mass is 375 g/mol. The standard InChI is InChI=1S/C19H22BrNO2/c1-3-4-12-23-18-11-10-16(13-17(18)20)19(22)21(2)14-15-8-6-5-7-9-15/h5-11,13H,3-4,12,14H2,1-2H3. The predicted octanol–water partition coefficient (Wildman–Crippen LogP) is 4.90. The number of amides is 1. The van der Waals surface area contributed by atoms with Crippen LogP contribution in [0, 0.1) is 0 Å². The fourth-order valence-corrected chi connectivity index (χ4v) is 2.72. The third-order valence-electron chi connectivity index (χ3n) is 3.54. The average molecular weight is 376 g/mol. The molecular formula is C19H22BrNO2. The molecule has 0 fully saturated rings. The molecule has 0 heterocycles. The minimum absolute atomic E-state index is 0.00494. The third-order valence-corrected chi connectivity index (χ3v) is 4.16. The second-order valence-corrected chi connectivity index (χ2v) is 6.35. The molecule has 0 bridgehead atoms. The number of carbonyl (C=O) groups is 1.